The van der Waals surface area contributed by atoms with Crippen molar-refractivity contribution in [3.8, 4) is 11.8 Å². The van der Waals surface area contributed by atoms with Gasteiger partial charge in [0.25, 0.3) is 0 Å². The van der Waals surface area contributed by atoms with Gasteiger partial charge in [-0.05, 0) is 58.3 Å². The summed E-state index contributed by atoms with van der Waals surface area (Å²) >= 11 is 3.50. The second-order valence-electron chi connectivity index (χ2n) is 6.11. The Morgan fingerprint density at radius 3 is 2.52 bits per heavy atom. The van der Waals surface area contributed by atoms with Crippen molar-refractivity contribution < 1.29 is 9.13 Å². The Bertz CT molecular complexity index is 1020. The minimum Gasteiger partial charge on any atom is -0.488 e. The lowest BCUT2D eigenvalue weighted by Crippen LogP contribution is -1.96. The van der Waals surface area contributed by atoms with Crippen molar-refractivity contribution in [3.05, 3.63) is 99.3 Å². The predicted molar refractivity (Wildman–Crippen MR) is 110 cm³/mol. The standard InChI is InChI=1S/C23H17BrFNO/c1-16-6-8-17(9-7-16)15-27-23-11-10-18(13-21(23)24)12-19(14-26)20-4-2-3-5-22(20)25/h2-13H,15H2,1H3/b19-12-. The third-order valence-electron chi connectivity index (χ3n) is 4.07. The van der Waals surface area contributed by atoms with Crippen LogP contribution in [0.15, 0.2) is 71.2 Å². The molecule has 3 aromatic carbocycles. The van der Waals surface area contributed by atoms with Gasteiger partial charge in [0.2, 0.25) is 0 Å². The molecule has 0 aliphatic heterocycles. The Morgan fingerprint density at radius 1 is 1.11 bits per heavy atom. The van der Waals surface area contributed by atoms with Crippen LogP contribution >= 0.6 is 15.9 Å². The summed E-state index contributed by atoms with van der Waals surface area (Å²) < 4.78 is 20.6. The zero-order chi connectivity index (χ0) is 19.2. The highest BCUT2D eigenvalue weighted by molar-refractivity contribution is 9.10. The summed E-state index contributed by atoms with van der Waals surface area (Å²) in [6, 6.07) is 22.0. The van der Waals surface area contributed by atoms with Crippen molar-refractivity contribution in [1.82, 2.24) is 0 Å². The number of halogens is 2. The third-order valence-corrected chi connectivity index (χ3v) is 4.69. The number of benzene rings is 3. The molecule has 0 saturated carbocycles. The monoisotopic (exact) mass is 421 g/mol. The molecule has 0 amide bonds. The highest BCUT2D eigenvalue weighted by atomic mass is 79.9. The van der Waals surface area contributed by atoms with Crippen LogP contribution in [-0.2, 0) is 6.61 Å². The van der Waals surface area contributed by atoms with Gasteiger partial charge in [-0.2, -0.15) is 5.26 Å². The minimum atomic E-state index is -0.414. The van der Waals surface area contributed by atoms with E-state index in [1.54, 1.807) is 24.3 Å². The summed E-state index contributed by atoms with van der Waals surface area (Å²) in [6.45, 7) is 2.51. The molecule has 0 saturated heterocycles. The van der Waals surface area contributed by atoms with Gasteiger partial charge in [-0.25, -0.2) is 4.39 Å². The van der Waals surface area contributed by atoms with Gasteiger partial charge in [-0.15, -0.1) is 0 Å². The van der Waals surface area contributed by atoms with E-state index in [2.05, 4.69) is 22.0 Å². The fourth-order valence-corrected chi connectivity index (χ4v) is 3.10. The van der Waals surface area contributed by atoms with Crippen LogP contribution in [0.1, 0.15) is 22.3 Å². The first-order valence-corrected chi connectivity index (χ1v) is 9.21. The number of hydrogen-bond acceptors (Lipinski definition) is 2. The molecule has 27 heavy (non-hydrogen) atoms. The van der Waals surface area contributed by atoms with Crippen molar-refractivity contribution in [3.63, 3.8) is 0 Å². The predicted octanol–water partition coefficient (Wildman–Crippen LogP) is 6.54. The van der Waals surface area contributed by atoms with Gasteiger partial charge >= 0.3 is 0 Å². The molecule has 134 valence electrons. The Balaban J connectivity index is 1.78. The lowest BCUT2D eigenvalue weighted by atomic mass is 10.0. The summed E-state index contributed by atoms with van der Waals surface area (Å²) in [5.41, 5.74) is 3.63. The van der Waals surface area contributed by atoms with E-state index in [0.29, 0.717) is 12.4 Å². The third kappa shape index (κ3) is 4.84. The Hall–Kier alpha value is -2.90. The Kier molecular flexibility index (Phi) is 6.05. The fourth-order valence-electron chi connectivity index (χ4n) is 2.59. The fraction of sp³-hybridized carbons (Fsp3) is 0.0870. The van der Waals surface area contributed by atoms with Crippen LogP contribution in [0, 0.1) is 24.1 Å². The minimum absolute atomic E-state index is 0.272. The normalized spacial score (nSPS) is 11.1. The molecule has 0 heterocycles. The topological polar surface area (TPSA) is 33.0 Å². The van der Waals surface area contributed by atoms with Crippen LogP contribution < -0.4 is 4.74 Å². The molecule has 4 heteroatoms. The van der Waals surface area contributed by atoms with E-state index >= 15 is 0 Å². The Morgan fingerprint density at radius 2 is 1.85 bits per heavy atom. The number of rotatable bonds is 5. The largest absolute Gasteiger partial charge is 0.488 e. The van der Waals surface area contributed by atoms with Crippen LogP contribution in [0.5, 0.6) is 5.75 Å². The zero-order valence-corrected chi connectivity index (χ0v) is 16.3. The first-order valence-electron chi connectivity index (χ1n) is 8.41. The van der Waals surface area contributed by atoms with Crippen molar-refractivity contribution in [1.29, 1.82) is 5.26 Å². The zero-order valence-electron chi connectivity index (χ0n) is 14.7. The van der Waals surface area contributed by atoms with Crippen molar-refractivity contribution in [2.24, 2.45) is 0 Å². The van der Waals surface area contributed by atoms with Gasteiger partial charge in [0.05, 0.1) is 16.1 Å². The van der Waals surface area contributed by atoms with Crippen LogP contribution in [0.4, 0.5) is 4.39 Å². The molecular weight excluding hydrogens is 405 g/mol. The number of nitriles is 1. The van der Waals surface area contributed by atoms with Gasteiger partial charge in [0, 0.05) is 5.56 Å². The summed E-state index contributed by atoms with van der Waals surface area (Å²) in [4.78, 5) is 0. The maximum absolute atomic E-state index is 13.9. The van der Waals surface area contributed by atoms with Crippen LogP contribution in [-0.4, -0.2) is 0 Å². The number of ether oxygens (including phenoxy) is 1. The molecular formula is C23H17BrFNO. The quantitative estimate of drug-likeness (QED) is 0.346. The van der Waals surface area contributed by atoms with Crippen molar-refractivity contribution in [2.75, 3.05) is 0 Å². The number of hydrogen-bond donors (Lipinski definition) is 0. The highest BCUT2D eigenvalue weighted by Gasteiger charge is 2.08. The van der Waals surface area contributed by atoms with Crippen LogP contribution in [0.3, 0.4) is 0 Å². The maximum Gasteiger partial charge on any atom is 0.134 e. The highest BCUT2D eigenvalue weighted by Crippen LogP contribution is 2.29. The molecule has 3 aromatic rings. The van der Waals surface area contributed by atoms with E-state index in [1.807, 2.05) is 49.4 Å². The number of nitrogens with zero attached hydrogens (tertiary/aromatic N) is 1. The second-order valence-corrected chi connectivity index (χ2v) is 6.97. The van der Waals surface area contributed by atoms with E-state index in [0.717, 1.165) is 15.6 Å². The van der Waals surface area contributed by atoms with Crippen LogP contribution in [0.25, 0.3) is 11.6 Å². The van der Waals surface area contributed by atoms with Gasteiger partial charge < -0.3 is 4.74 Å². The average Bonchev–Trinajstić information content (AvgIpc) is 2.67. The molecule has 0 N–H and O–H groups in total. The molecule has 0 spiro atoms. The molecule has 0 bridgehead atoms. The lowest BCUT2D eigenvalue weighted by molar-refractivity contribution is 0.304. The van der Waals surface area contributed by atoms with E-state index in [4.69, 9.17) is 4.74 Å². The molecule has 0 aliphatic carbocycles. The molecule has 0 unspecified atom stereocenters. The molecule has 3 rings (SSSR count). The summed E-state index contributed by atoms with van der Waals surface area (Å²) in [7, 11) is 0. The molecule has 2 nitrogen and oxygen atoms in total. The first-order chi connectivity index (χ1) is 13.1. The van der Waals surface area contributed by atoms with Crippen molar-refractivity contribution in [2.45, 2.75) is 13.5 Å². The number of aryl methyl sites for hydroxylation is 1. The van der Waals surface area contributed by atoms with Crippen molar-refractivity contribution >= 4 is 27.6 Å². The lowest BCUT2D eigenvalue weighted by Gasteiger charge is -2.09. The van der Waals surface area contributed by atoms with Gasteiger partial charge in [-0.1, -0.05) is 54.1 Å². The van der Waals surface area contributed by atoms with E-state index in [9.17, 15) is 9.65 Å². The molecule has 0 aromatic heterocycles. The Labute approximate surface area is 166 Å². The van der Waals surface area contributed by atoms with Crippen LogP contribution in [0.2, 0.25) is 0 Å². The van der Waals surface area contributed by atoms with Gasteiger partial charge in [0.15, 0.2) is 0 Å². The van der Waals surface area contributed by atoms with E-state index in [-0.39, 0.29) is 11.1 Å². The summed E-state index contributed by atoms with van der Waals surface area (Å²) in [5.74, 6) is 0.291. The molecule has 0 fully saturated rings. The smallest absolute Gasteiger partial charge is 0.134 e. The van der Waals surface area contributed by atoms with Gasteiger partial charge in [0.1, 0.15) is 18.2 Å². The molecule has 0 atom stereocenters. The molecule has 0 aliphatic rings. The van der Waals surface area contributed by atoms with E-state index < -0.39 is 5.82 Å². The SMILES string of the molecule is Cc1ccc(COc2ccc(/C=C(/C#N)c3ccccc3F)cc2Br)cc1. The summed E-state index contributed by atoms with van der Waals surface area (Å²) in [5, 5.41) is 9.40. The number of allylic oxidation sites excluding steroid dienone is 1. The van der Waals surface area contributed by atoms with E-state index in [1.165, 1.54) is 11.6 Å². The van der Waals surface area contributed by atoms with Gasteiger partial charge in [-0.3, -0.25) is 0 Å². The first kappa shape index (κ1) is 18.9. The summed E-state index contributed by atoms with van der Waals surface area (Å²) in [6.07, 6.45) is 1.66. The maximum atomic E-state index is 13.9. The molecule has 0 radical (unpaired) electrons. The second kappa shape index (κ2) is 8.66. The average molecular weight is 422 g/mol.